The van der Waals surface area contributed by atoms with E-state index in [1.807, 2.05) is 0 Å². The summed E-state index contributed by atoms with van der Waals surface area (Å²) in [5.41, 5.74) is 0.125. The third-order valence-corrected chi connectivity index (χ3v) is 2.37. The predicted octanol–water partition coefficient (Wildman–Crippen LogP) is 2.36. The second kappa shape index (κ2) is 3.75. The van der Waals surface area contributed by atoms with E-state index < -0.39 is 10.9 Å². The summed E-state index contributed by atoms with van der Waals surface area (Å²) in [6.45, 7) is 1.55. The van der Waals surface area contributed by atoms with Crippen LogP contribution in [0.3, 0.4) is 0 Å². The number of nitrogens with zero attached hydrogens (tertiary/aromatic N) is 1. The first kappa shape index (κ1) is 10.6. The average Bonchev–Trinajstić information content (AvgIpc) is 2.02. The molecule has 0 aliphatic heterocycles. The molecular formula is C8H6BrNO4. The van der Waals surface area contributed by atoms with Crippen molar-refractivity contribution in [3.63, 3.8) is 0 Å². The Morgan fingerprint density at radius 1 is 1.57 bits per heavy atom. The monoisotopic (exact) mass is 259 g/mol. The van der Waals surface area contributed by atoms with Gasteiger partial charge in [-0.15, -0.1) is 0 Å². The molecule has 14 heavy (non-hydrogen) atoms. The highest BCUT2D eigenvalue weighted by molar-refractivity contribution is 9.10. The van der Waals surface area contributed by atoms with Gasteiger partial charge in [-0.05, 0) is 28.9 Å². The lowest BCUT2D eigenvalue weighted by molar-refractivity contribution is -0.385. The normalized spacial score (nSPS) is 9.86. The number of hydrogen-bond acceptors (Lipinski definition) is 3. The van der Waals surface area contributed by atoms with Crippen LogP contribution >= 0.6 is 15.9 Å². The quantitative estimate of drug-likeness (QED) is 0.653. The first-order valence-corrected chi connectivity index (χ1v) is 4.40. The number of aryl methyl sites for hydroxylation is 1. The molecule has 74 valence electrons. The van der Waals surface area contributed by atoms with Crippen LogP contribution in [-0.4, -0.2) is 16.0 Å². The van der Waals surface area contributed by atoms with Crippen LogP contribution in [0.15, 0.2) is 16.6 Å². The summed E-state index contributed by atoms with van der Waals surface area (Å²) in [6.07, 6.45) is 0. The molecule has 1 aromatic rings. The topological polar surface area (TPSA) is 80.4 Å². The molecule has 0 aromatic heterocycles. The number of carboxylic acids is 1. The number of carbonyl (C=O) groups is 1. The number of aromatic carboxylic acids is 1. The van der Waals surface area contributed by atoms with Crippen molar-refractivity contribution in [2.75, 3.05) is 0 Å². The smallest absolute Gasteiger partial charge is 0.337 e. The van der Waals surface area contributed by atoms with Crippen LogP contribution in [0.5, 0.6) is 0 Å². The van der Waals surface area contributed by atoms with Gasteiger partial charge in [0.2, 0.25) is 0 Å². The lowest BCUT2D eigenvalue weighted by atomic mass is 10.1. The maximum absolute atomic E-state index is 10.7. The van der Waals surface area contributed by atoms with Gasteiger partial charge in [-0.3, -0.25) is 10.1 Å². The number of carboxylic acid groups (broad SMARTS) is 1. The lowest BCUT2D eigenvalue weighted by Crippen LogP contribution is -2.01. The summed E-state index contributed by atoms with van der Waals surface area (Å²) in [5.74, 6) is -1.19. The predicted molar refractivity (Wildman–Crippen MR) is 52.5 cm³/mol. The maximum Gasteiger partial charge on any atom is 0.337 e. The van der Waals surface area contributed by atoms with Gasteiger partial charge in [0, 0.05) is 16.1 Å². The van der Waals surface area contributed by atoms with E-state index in [0.717, 1.165) is 6.07 Å². The number of rotatable bonds is 2. The van der Waals surface area contributed by atoms with Gasteiger partial charge in [0.1, 0.15) is 0 Å². The van der Waals surface area contributed by atoms with Gasteiger partial charge in [0.15, 0.2) is 0 Å². The second-order valence-corrected chi connectivity index (χ2v) is 3.54. The molecule has 5 nitrogen and oxygen atoms in total. The Balaban J connectivity index is 3.42. The number of nitro benzene ring substituents is 1. The van der Waals surface area contributed by atoms with E-state index in [9.17, 15) is 14.9 Å². The zero-order valence-electron chi connectivity index (χ0n) is 7.15. The molecule has 0 saturated carbocycles. The van der Waals surface area contributed by atoms with Gasteiger partial charge in [-0.2, -0.15) is 0 Å². The molecule has 0 heterocycles. The van der Waals surface area contributed by atoms with E-state index in [1.165, 1.54) is 6.07 Å². The molecule has 0 fully saturated rings. The van der Waals surface area contributed by atoms with Crippen molar-refractivity contribution in [2.45, 2.75) is 6.92 Å². The van der Waals surface area contributed by atoms with Gasteiger partial charge in [0.25, 0.3) is 5.69 Å². The zero-order valence-corrected chi connectivity index (χ0v) is 8.74. The molecule has 1 rings (SSSR count). The molecule has 0 saturated heterocycles. The van der Waals surface area contributed by atoms with E-state index >= 15 is 0 Å². The standard InChI is InChI=1S/C8H6BrNO4/c1-4-2-6(9)5(8(11)12)3-7(4)10(13)14/h2-3H,1H3,(H,11,12). The molecule has 0 radical (unpaired) electrons. The molecule has 1 aromatic carbocycles. The van der Waals surface area contributed by atoms with Crippen molar-refractivity contribution in [1.29, 1.82) is 0 Å². The number of benzene rings is 1. The van der Waals surface area contributed by atoms with Crippen LogP contribution in [0, 0.1) is 17.0 Å². The Morgan fingerprint density at radius 3 is 2.57 bits per heavy atom. The summed E-state index contributed by atoms with van der Waals surface area (Å²) in [6, 6.07) is 2.46. The van der Waals surface area contributed by atoms with Crippen LogP contribution < -0.4 is 0 Å². The van der Waals surface area contributed by atoms with Gasteiger partial charge < -0.3 is 5.11 Å². The van der Waals surface area contributed by atoms with E-state index in [2.05, 4.69) is 15.9 Å². The van der Waals surface area contributed by atoms with Crippen molar-refractivity contribution in [2.24, 2.45) is 0 Å². The Kier molecular flexibility index (Phi) is 2.85. The Morgan fingerprint density at radius 2 is 2.14 bits per heavy atom. The number of halogens is 1. The molecular weight excluding hydrogens is 254 g/mol. The highest BCUT2D eigenvalue weighted by atomic mass is 79.9. The van der Waals surface area contributed by atoms with Crippen molar-refractivity contribution in [3.05, 3.63) is 37.8 Å². The maximum atomic E-state index is 10.7. The Bertz CT molecular complexity index is 381. The van der Waals surface area contributed by atoms with Gasteiger partial charge in [0.05, 0.1) is 10.5 Å². The van der Waals surface area contributed by atoms with E-state index in [1.54, 1.807) is 6.92 Å². The van der Waals surface area contributed by atoms with Crippen molar-refractivity contribution in [3.8, 4) is 0 Å². The highest BCUT2D eigenvalue weighted by Crippen LogP contribution is 2.26. The molecule has 0 aliphatic carbocycles. The van der Waals surface area contributed by atoms with Crippen LogP contribution in [0.2, 0.25) is 0 Å². The molecule has 0 aliphatic rings. The summed E-state index contributed by atoms with van der Waals surface area (Å²) >= 11 is 3.03. The minimum atomic E-state index is -1.19. The molecule has 0 atom stereocenters. The zero-order chi connectivity index (χ0) is 10.9. The third kappa shape index (κ3) is 1.90. The fourth-order valence-electron chi connectivity index (χ4n) is 1.02. The van der Waals surface area contributed by atoms with Crippen LogP contribution in [0.1, 0.15) is 15.9 Å². The first-order chi connectivity index (χ1) is 6.43. The van der Waals surface area contributed by atoms with Crippen molar-refractivity contribution >= 4 is 27.6 Å². The summed E-state index contributed by atoms with van der Waals surface area (Å²) in [5, 5.41) is 19.2. The van der Waals surface area contributed by atoms with Gasteiger partial charge in [-0.25, -0.2) is 4.79 Å². The molecule has 6 heteroatoms. The lowest BCUT2D eigenvalue weighted by Gasteiger charge is -2.01. The van der Waals surface area contributed by atoms with Crippen LogP contribution in [-0.2, 0) is 0 Å². The second-order valence-electron chi connectivity index (χ2n) is 2.68. The van der Waals surface area contributed by atoms with Gasteiger partial charge in [-0.1, -0.05) is 0 Å². The summed E-state index contributed by atoms with van der Waals surface area (Å²) in [4.78, 5) is 20.6. The highest BCUT2D eigenvalue weighted by Gasteiger charge is 2.17. The largest absolute Gasteiger partial charge is 0.478 e. The molecule has 1 N–H and O–H groups in total. The minimum absolute atomic E-state index is 0.109. The van der Waals surface area contributed by atoms with Gasteiger partial charge >= 0.3 is 5.97 Å². The fourth-order valence-corrected chi connectivity index (χ4v) is 1.65. The van der Waals surface area contributed by atoms with Crippen molar-refractivity contribution in [1.82, 2.24) is 0 Å². The molecule has 0 spiro atoms. The summed E-state index contributed by atoms with van der Waals surface area (Å²) in [7, 11) is 0. The van der Waals surface area contributed by atoms with Crippen molar-refractivity contribution < 1.29 is 14.8 Å². The number of hydrogen-bond donors (Lipinski definition) is 1. The Labute approximate surface area is 87.6 Å². The molecule has 0 amide bonds. The fraction of sp³-hybridized carbons (Fsp3) is 0.125. The third-order valence-electron chi connectivity index (χ3n) is 1.71. The minimum Gasteiger partial charge on any atom is -0.478 e. The molecule has 0 bridgehead atoms. The average molecular weight is 260 g/mol. The van der Waals surface area contributed by atoms with Crippen LogP contribution in [0.4, 0.5) is 5.69 Å². The molecule has 0 unspecified atom stereocenters. The first-order valence-electron chi connectivity index (χ1n) is 3.61. The van der Waals surface area contributed by atoms with E-state index in [4.69, 9.17) is 5.11 Å². The van der Waals surface area contributed by atoms with Crippen LogP contribution in [0.25, 0.3) is 0 Å². The van der Waals surface area contributed by atoms with E-state index in [-0.39, 0.29) is 11.3 Å². The summed E-state index contributed by atoms with van der Waals surface area (Å²) < 4.78 is 0.341. The Hall–Kier alpha value is -1.43. The SMILES string of the molecule is Cc1cc(Br)c(C(=O)O)cc1[N+](=O)[O-]. The van der Waals surface area contributed by atoms with E-state index in [0.29, 0.717) is 10.0 Å². The number of nitro groups is 1.